The predicted octanol–water partition coefficient (Wildman–Crippen LogP) is 1.71. The van der Waals surface area contributed by atoms with E-state index in [0.29, 0.717) is 13.0 Å². The summed E-state index contributed by atoms with van der Waals surface area (Å²) in [5.74, 6) is -11.6. The minimum Gasteiger partial charge on any atom is -0.479 e. The number of carbonyl (C=O) groups excluding carboxylic acids is 4. The van der Waals surface area contributed by atoms with E-state index < -0.39 is 71.5 Å². The Morgan fingerprint density at radius 2 is 1.79 bits per heavy atom. The van der Waals surface area contributed by atoms with Crippen LogP contribution in [0.25, 0.3) is 0 Å². The molecule has 9 nitrogen and oxygen atoms in total. The number of halogens is 4. The van der Waals surface area contributed by atoms with Crippen LogP contribution in [0.2, 0.25) is 0 Å². The molecule has 0 aliphatic carbocycles. The zero-order chi connectivity index (χ0) is 25.6. The first-order valence-corrected chi connectivity index (χ1v) is 10.4. The van der Waals surface area contributed by atoms with E-state index in [1.54, 1.807) is 13.8 Å². The molecular weight excluding hydrogens is 466 g/mol. The third kappa shape index (κ3) is 7.06. The molecule has 0 radical (unpaired) electrons. The molecule has 0 saturated carbocycles. The molecule has 0 spiro atoms. The average Bonchev–Trinajstić information content (AvgIpc) is 3.14. The SMILES string of the molecule is CC(C)CC(OC(N)=O)C(=O)NC(CC1CCNC1=O)C(=O)COc1c(F)c(F)cc(F)c1F. The van der Waals surface area contributed by atoms with Gasteiger partial charge < -0.3 is 25.8 Å². The normalized spacial score (nSPS) is 17.1. The lowest BCUT2D eigenvalue weighted by atomic mass is 9.95. The number of nitrogens with two attached hydrogens (primary N) is 1. The van der Waals surface area contributed by atoms with Gasteiger partial charge in [0.25, 0.3) is 5.91 Å². The van der Waals surface area contributed by atoms with Gasteiger partial charge in [-0.15, -0.1) is 0 Å². The summed E-state index contributed by atoms with van der Waals surface area (Å²) in [7, 11) is 0. The lowest BCUT2D eigenvalue weighted by Gasteiger charge is -2.24. The van der Waals surface area contributed by atoms with Crippen LogP contribution in [0.3, 0.4) is 0 Å². The second-order valence-electron chi connectivity index (χ2n) is 8.18. The highest BCUT2D eigenvalue weighted by molar-refractivity contribution is 5.92. The lowest BCUT2D eigenvalue weighted by molar-refractivity contribution is -0.135. The van der Waals surface area contributed by atoms with Crippen LogP contribution < -0.4 is 21.1 Å². The van der Waals surface area contributed by atoms with Gasteiger partial charge in [-0.05, 0) is 25.2 Å². The van der Waals surface area contributed by atoms with Crippen molar-refractivity contribution >= 4 is 23.7 Å². The van der Waals surface area contributed by atoms with Crippen LogP contribution in [0.4, 0.5) is 22.4 Å². The van der Waals surface area contributed by atoms with Gasteiger partial charge in [-0.2, -0.15) is 8.78 Å². The van der Waals surface area contributed by atoms with Crippen molar-refractivity contribution in [2.45, 2.75) is 45.3 Å². The second kappa shape index (κ2) is 11.7. The van der Waals surface area contributed by atoms with E-state index >= 15 is 0 Å². The van der Waals surface area contributed by atoms with Crippen molar-refractivity contribution in [3.63, 3.8) is 0 Å². The molecule has 3 unspecified atom stereocenters. The summed E-state index contributed by atoms with van der Waals surface area (Å²) < 4.78 is 63.9. The zero-order valence-corrected chi connectivity index (χ0v) is 18.5. The first kappa shape index (κ1) is 26.9. The largest absolute Gasteiger partial charge is 0.479 e. The highest BCUT2D eigenvalue weighted by Crippen LogP contribution is 2.26. The number of hydrogen-bond donors (Lipinski definition) is 3. The summed E-state index contributed by atoms with van der Waals surface area (Å²) in [6.07, 6.45) is -2.35. The van der Waals surface area contributed by atoms with Crippen LogP contribution in [0.1, 0.15) is 33.1 Å². The van der Waals surface area contributed by atoms with E-state index in [1.165, 1.54) is 0 Å². The fourth-order valence-electron chi connectivity index (χ4n) is 3.39. The molecule has 1 heterocycles. The molecule has 3 atom stereocenters. The number of rotatable bonds is 11. The number of benzene rings is 1. The van der Waals surface area contributed by atoms with E-state index in [0.717, 1.165) is 0 Å². The minimum absolute atomic E-state index is 0.0192. The molecular formula is C21H25F4N3O6. The minimum atomic E-state index is -1.84. The highest BCUT2D eigenvalue weighted by Gasteiger charge is 2.34. The van der Waals surface area contributed by atoms with Crippen molar-refractivity contribution < 1.29 is 46.2 Å². The number of primary amides is 1. The van der Waals surface area contributed by atoms with Gasteiger partial charge >= 0.3 is 6.09 Å². The van der Waals surface area contributed by atoms with Crippen molar-refractivity contribution in [1.82, 2.24) is 10.6 Å². The topological polar surface area (TPSA) is 137 Å². The third-order valence-electron chi connectivity index (χ3n) is 5.05. The highest BCUT2D eigenvalue weighted by atomic mass is 19.2. The van der Waals surface area contributed by atoms with Gasteiger partial charge in [0, 0.05) is 18.5 Å². The molecule has 3 amide bonds. The molecule has 0 aromatic heterocycles. The van der Waals surface area contributed by atoms with Crippen LogP contribution in [0.5, 0.6) is 5.75 Å². The summed E-state index contributed by atoms with van der Waals surface area (Å²) in [4.78, 5) is 48.6. The molecule has 13 heteroatoms. The summed E-state index contributed by atoms with van der Waals surface area (Å²) in [6, 6.07) is -1.42. The molecule has 1 aliphatic heterocycles. The van der Waals surface area contributed by atoms with Gasteiger partial charge in [-0.25, -0.2) is 13.6 Å². The smallest absolute Gasteiger partial charge is 0.405 e. The molecule has 34 heavy (non-hydrogen) atoms. The molecule has 1 aromatic carbocycles. The van der Waals surface area contributed by atoms with Crippen LogP contribution in [-0.4, -0.2) is 49.0 Å². The van der Waals surface area contributed by atoms with Gasteiger partial charge in [0.1, 0.15) is 6.61 Å². The summed E-state index contributed by atoms with van der Waals surface area (Å²) in [5, 5.41) is 4.91. The third-order valence-corrected chi connectivity index (χ3v) is 5.05. The van der Waals surface area contributed by atoms with Gasteiger partial charge in [-0.1, -0.05) is 13.8 Å². The fraction of sp³-hybridized carbons (Fsp3) is 0.524. The number of Topliss-reactive ketones (excluding diaryl/α,β-unsaturated/α-hetero) is 1. The molecule has 1 aromatic rings. The Morgan fingerprint density at radius 1 is 1.18 bits per heavy atom. The first-order valence-electron chi connectivity index (χ1n) is 10.4. The van der Waals surface area contributed by atoms with Crippen LogP contribution in [0, 0.1) is 35.1 Å². The maximum absolute atomic E-state index is 13.8. The number of ketones is 1. The molecule has 1 fully saturated rings. The number of ether oxygens (including phenoxy) is 2. The summed E-state index contributed by atoms with van der Waals surface area (Å²) in [6.45, 7) is 2.74. The number of hydrogen-bond acceptors (Lipinski definition) is 6. The number of nitrogens with one attached hydrogen (secondary N) is 2. The Labute approximate surface area is 192 Å². The Kier molecular flexibility index (Phi) is 9.21. The number of amides is 3. The Balaban J connectivity index is 2.21. The maximum Gasteiger partial charge on any atom is 0.405 e. The molecule has 0 bridgehead atoms. The van der Waals surface area contributed by atoms with Crippen LogP contribution in [-0.2, 0) is 19.1 Å². The van der Waals surface area contributed by atoms with E-state index in [1.807, 2.05) is 0 Å². The van der Waals surface area contributed by atoms with Gasteiger partial charge in [0.15, 0.2) is 29.3 Å². The lowest BCUT2D eigenvalue weighted by Crippen LogP contribution is -2.49. The molecule has 4 N–H and O–H groups in total. The van der Waals surface area contributed by atoms with Crippen molar-refractivity contribution in [3.8, 4) is 5.75 Å². The molecule has 2 rings (SSSR count). The van der Waals surface area contributed by atoms with Gasteiger partial charge in [-0.3, -0.25) is 14.4 Å². The standard InChI is InChI=1S/C21H25F4N3O6/c1-9(2)5-15(34-21(26)32)20(31)28-13(6-10-3-4-27-19(10)30)14(29)8-33-18-16(24)11(22)7-12(23)17(18)25/h7,9-10,13,15H,3-6,8H2,1-2H3,(H2,26,32)(H,27,30)(H,28,31). The summed E-state index contributed by atoms with van der Waals surface area (Å²) in [5.41, 5.74) is 5.00. The van der Waals surface area contributed by atoms with Crippen molar-refractivity contribution in [2.75, 3.05) is 13.2 Å². The fourth-order valence-corrected chi connectivity index (χ4v) is 3.39. The second-order valence-corrected chi connectivity index (χ2v) is 8.18. The van der Waals surface area contributed by atoms with Crippen LogP contribution in [0.15, 0.2) is 6.07 Å². The predicted molar refractivity (Wildman–Crippen MR) is 108 cm³/mol. The quantitative estimate of drug-likeness (QED) is 0.319. The molecule has 1 aliphatic rings. The van der Waals surface area contributed by atoms with Crippen molar-refractivity contribution in [2.24, 2.45) is 17.6 Å². The van der Waals surface area contributed by atoms with E-state index in [4.69, 9.17) is 15.2 Å². The first-order chi connectivity index (χ1) is 15.9. The average molecular weight is 491 g/mol. The Hall–Kier alpha value is -3.38. The molecule has 188 valence electrons. The van der Waals surface area contributed by atoms with Gasteiger partial charge in [0.2, 0.25) is 17.5 Å². The van der Waals surface area contributed by atoms with Crippen LogP contribution >= 0.6 is 0 Å². The van der Waals surface area contributed by atoms with E-state index in [9.17, 15) is 36.7 Å². The Bertz CT molecular complexity index is 933. The van der Waals surface area contributed by atoms with Crippen molar-refractivity contribution in [3.05, 3.63) is 29.3 Å². The van der Waals surface area contributed by atoms with E-state index in [2.05, 4.69) is 10.6 Å². The number of carbonyl (C=O) groups is 4. The zero-order valence-electron chi connectivity index (χ0n) is 18.5. The van der Waals surface area contributed by atoms with Crippen molar-refractivity contribution in [1.29, 1.82) is 0 Å². The summed E-state index contributed by atoms with van der Waals surface area (Å²) >= 11 is 0. The monoisotopic (exact) mass is 491 g/mol. The molecule has 1 saturated heterocycles. The maximum atomic E-state index is 13.8. The van der Waals surface area contributed by atoms with E-state index in [-0.39, 0.29) is 30.7 Å². The Morgan fingerprint density at radius 3 is 2.29 bits per heavy atom. The van der Waals surface area contributed by atoms with Gasteiger partial charge in [0.05, 0.1) is 6.04 Å².